The van der Waals surface area contributed by atoms with Gasteiger partial charge in [-0.25, -0.2) is 0 Å². The lowest BCUT2D eigenvalue weighted by atomic mass is 10.00. The first-order chi connectivity index (χ1) is 19.0. The summed E-state index contributed by atoms with van der Waals surface area (Å²) in [5.74, 6) is -1.77. The Bertz CT molecular complexity index is 1150. The number of carbonyl (C=O) groups is 4. The van der Waals surface area contributed by atoms with E-state index in [1.54, 1.807) is 24.3 Å². The molecule has 0 saturated heterocycles. The van der Waals surface area contributed by atoms with E-state index < -0.39 is 29.9 Å². The number of hydrogen-bond acceptors (Lipinski definition) is 6. The summed E-state index contributed by atoms with van der Waals surface area (Å²) in [6.07, 6.45) is 2.57. The van der Waals surface area contributed by atoms with Crippen molar-refractivity contribution in [2.75, 3.05) is 0 Å². The molecule has 10 heteroatoms. The van der Waals surface area contributed by atoms with Crippen LogP contribution in [0, 0.1) is 11.8 Å². The van der Waals surface area contributed by atoms with Crippen molar-refractivity contribution >= 4 is 23.6 Å². The quantitative estimate of drug-likeness (QED) is 0.218. The number of nitrogens with one attached hydrogen (secondary N) is 3. The van der Waals surface area contributed by atoms with Gasteiger partial charge in [-0.3, -0.25) is 19.2 Å². The zero-order valence-electron chi connectivity index (χ0n) is 23.1. The fraction of sp³-hybridized carbons (Fsp3) is 0.467. The number of benzene rings is 2. The zero-order valence-corrected chi connectivity index (χ0v) is 23.1. The van der Waals surface area contributed by atoms with E-state index in [0.717, 1.165) is 11.1 Å². The molecule has 40 heavy (non-hydrogen) atoms. The first-order valence-electron chi connectivity index (χ1n) is 13.8. The Morgan fingerprint density at radius 1 is 0.875 bits per heavy atom. The monoisotopic (exact) mass is 551 g/mol. The van der Waals surface area contributed by atoms with E-state index in [9.17, 15) is 24.3 Å². The van der Waals surface area contributed by atoms with Crippen LogP contribution < -0.4 is 27.4 Å². The average molecular weight is 552 g/mol. The molecule has 216 valence electrons. The molecule has 5 atom stereocenters. The van der Waals surface area contributed by atoms with Crippen LogP contribution in [0.3, 0.4) is 0 Å². The summed E-state index contributed by atoms with van der Waals surface area (Å²) in [6.45, 7) is 3.86. The smallest absolute Gasteiger partial charge is 0.243 e. The van der Waals surface area contributed by atoms with Crippen molar-refractivity contribution < 1.29 is 24.3 Å². The predicted octanol–water partition coefficient (Wildman–Crippen LogP) is 1.29. The lowest BCUT2D eigenvalue weighted by molar-refractivity contribution is -0.132. The second-order valence-corrected chi connectivity index (χ2v) is 11.0. The number of phenolic OH excluding ortho intramolecular Hbond substituents is 1. The summed E-state index contributed by atoms with van der Waals surface area (Å²) in [6, 6.07) is 13.1. The SMILES string of the molecule is CC(C)CC(NC(=O)C(Cc1ccccc1)NC(=O)[C@H]1CC[C@H](NC(=O)C(N)Cc2ccc(O)cc2)C1)C(N)=O. The predicted molar refractivity (Wildman–Crippen MR) is 152 cm³/mol. The van der Waals surface area contributed by atoms with Gasteiger partial charge in [0.2, 0.25) is 23.6 Å². The molecule has 2 aromatic carbocycles. The minimum Gasteiger partial charge on any atom is -0.508 e. The van der Waals surface area contributed by atoms with E-state index in [4.69, 9.17) is 11.5 Å². The molecule has 2 aromatic rings. The summed E-state index contributed by atoms with van der Waals surface area (Å²) in [7, 11) is 0. The van der Waals surface area contributed by atoms with Crippen LogP contribution >= 0.6 is 0 Å². The fourth-order valence-corrected chi connectivity index (χ4v) is 4.98. The van der Waals surface area contributed by atoms with Crippen molar-refractivity contribution in [1.29, 1.82) is 0 Å². The van der Waals surface area contributed by atoms with E-state index in [-0.39, 0.29) is 41.9 Å². The molecule has 0 spiro atoms. The Labute approximate surface area is 235 Å². The average Bonchev–Trinajstić information content (AvgIpc) is 3.38. The van der Waals surface area contributed by atoms with Gasteiger partial charge in [0, 0.05) is 18.4 Å². The molecule has 1 saturated carbocycles. The molecule has 0 radical (unpaired) electrons. The van der Waals surface area contributed by atoms with Gasteiger partial charge in [0.15, 0.2) is 0 Å². The highest BCUT2D eigenvalue weighted by Crippen LogP contribution is 2.26. The Morgan fingerprint density at radius 3 is 2.15 bits per heavy atom. The largest absolute Gasteiger partial charge is 0.508 e. The van der Waals surface area contributed by atoms with Crippen LogP contribution in [0.2, 0.25) is 0 Å². The maximum absolute atomic E-state index is 13.2. The lowest BCUT2D eigenvalue weighted by Gasteiger charge is -2.24. The highest BCUT2D eigenvalue weighted by atomic mass is 16.3. The van der Waals surface area contributed by atoms with Crippen molar-refractivity contribution in [2.24, 2.45) is 23.3 Å². The van der Waals surface area contributed by atoms with Gasteiger partial charge >= 0.3 is 0 Å². The fourth-order valence-electron chi connectivity index (χ4n) is 4.98. The van der Waals surface area contributed by atoms with Crippen LogP contribution in [-0.4, -0.2) is 52.9 Å². The van der Waals surface area contributed by atoms with Gasteiger partial charge < -0.3 is 32.5 Å². The summed E-state index contributed by atoms with van der Waals surface area (Å²) in [5, 5.41) is 18.0. The van der Waals surface area contributed by atoms with E-state index in [2.05, 4.69) is 16.0 Å². The number of hydrogen-bond donors (Lipinski definition) is 6. The molecule has 1 fully saturated rings. The molecular weight excluding hydrogens is 510 g/mol. The van der Waals surface area contributed by atoms with Gasteiger partial charge in [-0.2, -0.15) is 0 Å². The maximum atomic E-state index is 13.2. The van der Waals surface area contributed by atoms with Crippen molar-refractivity contribution in [3.8, 4) is 5.75 Å². The number of rotatable bonds is 13. The molecule has 8 N–H and O–H groups in total. The van der Waals surface area contributed by atoms with Crippen molar-refractivity contribution in [3.05, 3.63) is 65.7 Å². The van der Waals surface area contributed by atoms with Crippen LogP contribution in [0.5, 0.6) is 5.75 Å². The Kier molecular flexibility index (Phi) is 11.1. The number of amides is 4. The van der Waals surface area contributed by atoms with Crippen molar-refractivity contribution in [3.63, 3.8) is 0 Å². The Morgan fingerprint density at radius 2 is 1.52 bits per heavy atom. The second kappa shape index (κ2) is 14.5. The number of phenols is 1. The molecule has 0 heterocycles. The van der Waals surface area contributed by atoms with Crippen LogP contribution in [0.1, 0.15) is 50.7 Å². The number of aromatic hydroxyl groups is 1. The molecule has 0 bridgehead atoms. The summed E-state index contributed by atoms with van der Waals surface area (Å²) in [4.78, 5) is 51.1. The first kappa shape index (κ1) is 30.6. The van der Waals surface area contributed by atoms with Gasteiger partial charge in [0.05, 0.1) is 6.04 Å². The van der Waals surface area contributed by atoms with E-state index in [1.165, 1.54) is 0 Å². The van der Waals surface area contributed by atoms with Gasteiger partial charge in [0.25, 0.3) is 0 Å². The summed E-state index contributed by atoms with van der Waals surface area (Å²) < 4.78 is 0. The summed E-state index contributed by atoms with van der Waals surface area (Å²) in [5.41, 5.74) is 13.3. The van der Waals surface area contributed by atoms with E-state index >= 15 is 0 Å². The molecule has 0 aromatic heterocycles. The summed E-state index contributed by atoms with van der Waals surface area (Å²) >= 11 is 0. The number of nitrogens with two attached hydrogens (primary N) is 2. The molecule has 0 aliphatic heterocycles. The van der Waals surface area contributed by atoms with E-state index in [1.807, 2.05) is 44.2 Å². The number of carbonyl (C=O) groups excluding carboxylic acids is 4. The van der Waals surface area contributed by atoms with Gasteiger partial charge in [-0.05, 0) is 61.3 Å². The topological polar surface area (TPSA) is 177 Å². The minimum atomic E-state index is -0.892. The van der Waals surface area contributed by atoms with Gasteiger partial charge in [-0.1, -0.05) is 56.3 Å². The van der Waals surface area contributed by atoms with Crippen molar-refractivity contribution in [2.45, 2.75) is 76.5 Å². The van der Waals surface area contributed by atoms with Crippen LogP contribution in [0.25, 0.3) is 0 Å². The van der Waals surface area contributed by atoms with Crippen LogP contribution in [0.15, 0.2) is 54.6 Å². The molecule has 3 rings (SSSR count). The van der Waals surface area contributed by atoms with Gasteiger partial charge in [-0.15, -0.1) is 0 Å². The highest BCUT2D eigenvalue weighted by Gasteiger charge is 2.34. The standard InChI is InChI=1S/C30H41N5O5/c1-18(2)14-25(27(32)37)34-30(40)26(16-19-6-4-3-5-7-19)35-28(38)21-10-11-22(17-21)33-29(39)24(31)15-20-8-12-23(36)13-9-20/h3-9,12-13,18,21-22,24-26,36H,10-11,14-17,31H2,1-2H3,(H2,32,37)(H,33,39)(H,34,40)(H,35,38)/t21-,22-,24?,25?,26?/m0/s1. The first-order valence-corrected chi connectivity index (χ1v) is 13.8. The third-order valence-corrected chi connectivity index (χ3v) is 7.16. The molecule has 10 nitrogen and oxygen atoms in total. The van der Waals surface area contributed by atoms with E-state index in [0.29, 0.717) is 32.1 Å². The minimum absolute atomic E-state index is 0.139. The highest BCUT2D eigenvalue weighted by molar-refractivity contribution is 5.92. The third kappa shape index (κ3) is 9.37. The normalized spacial score (nSPS) is 18.9. The number of primary amides is 1. The van der Waals surface area contributed by atoms with Gasteiger partial charge in [0.1, 0.15) is 17.8 Å². The zero-order chi connectivity index (χ0) is 29.2. The van der Waals surface area contributed by atoms with Crippen LogP contribution in [0.4, 0.5) is 0 Å². The molecule has 1 aliphatic carbocycles. The maximum Gasteiger partial charge on any atom is 0.243 e. The third-order valence-electron chi connectivity index (χ3n) is 7.16. The van der Waals surface area contributed by atoms with Crippen LogP contribution in [-0.2, 0) is 32.0 Å². The van der Waals surface area contributed by atoms with Crippen molar-refractivity contribution in [1.82, 2.24) is 16.0 Å². The Balaban J connectivity index is 1.59. The second-order valence-electron chi connectivity index (χ2n) is 11.0. The molecule has 4 amide bonds. The Hall–Kier alpha value is -3.92. The molecular formula is C30H41N5O5. The molecule has 3 unspecified atom stereocenters. The lowest BCUT2D eigenvalue weighted by Crippen LogP contribution is -2.54. The molecule has 1 aliphatic rings.